The van der Waals surface area contributed by atoms with Gasteiger partial charge in [0.05, 0.1) is 0 Å². The van der Waals surface area contributed by atoms with Crippen molar-refractivity contribution in [1.29, 1.82) is 0 Å². The molecule has 0 aliphatic carbocycles. The van der Waals surface area contributed by atoms with Crippen molar-refractivity contribution in [1.82, 2.24) is 5.32 Å². The average molecular weight is 332 g/mol. The van der Waals surface area contributed by atoms with Crippen molar-refractivity contribution in [3.8, 4) is 5.75 Å². The van der Waals surface area contributed by atoms with Gasteiger partial charge in [0.25, 0.3) is 0 Å². The summed E-state index contributed by atoms with van der Waals surface area (Å²) < 4.78 is 19.9. The quantitative estimate of drug-likeness (QED) is 0.864. The fraction of sp³-hybridized carbons (Fsp3) is 0.600. The molecule has 0 aromatic heterocycles. The fourth-order valence-electron chi connectivity index (χ4n) is 1.59. The van der Waals surface area contributed by atoms with Gasteiger partial charge >= 0.3 is 0 Å². The molecule has 1 N–H and O–H groups in total. The Morgan fingerprint density at radius 1 is 1.26 bits per heavy atom. The molecule has 1 rings (SSSR count). The maximum Gasteiger partial charge on any atom is 0.128 e. The van der Waals surface area contributed by atoms with Crippen LogP contribution in [0.2, 0.25) is 0 Å². The summed E-state index contributed by atoms with van der Waals surface area (Å²) in [5, 5.41) is 3.42. The van der Waals surface area contributed by atoms with Gasteiger partial charge in [-0.1, -0.05) is 29.8 Å². The van der Waals surface area contributed by atoms with Gasteiger partial charge in [-0.05, 0) is 38.8 Å². The van der Waals surface area contributed by atoms with Gasteiger partial charge in [-0.25, -0.2) is 4.39 Å². The number of halogens is 2. The predicted octanol–water partition coefficient (Wildman–Crippen LogP) is 4.38. The molecule has 0 radical (unpaired) electrons. The summed E-state index contributed by atoms with van der Waals surface area (Å²) in [5.74, 6) is 0.605. The van der Waals surface area contributed by atoms with Gasteiger partial charge in [0.1, 0.15) is 17.7 Å². The molecular weight excluding hydrogens is 309 g/mol. The van der Waals surface area contributed by atoms with Crippen LogP contribution in [-0.4, -0.2) is 18.2 Å². The van der Waals surface area contributed by atoms with E-state index >= 15 is 0 Å². The summed E-state index contributed by atoms with van der Waals surface area (Å²) in [4.78, 5) is 0. The highest BCUT2D eigenvalue weighted by molar-refractivity contribution is 9.10. The zero-order valence-electron chi connectivity index (χ0n) is 12.3. The van der Waals surface area contributed by atoms with Crippen molar-refractivity contribution in [2.24, 2.45) is 5.92 Å². The standard InChI is InChI=1S/C15H23BrFNO/c1-10(2)14(9-18-15(3,4)5)19-13-7-11(16)6-12(17)8-13/h6-8,10,14,18H,9H2,1-5H3. The number of nitrogens with one attached hydrogen (secondary N) is 1. The third-order valence-corrected chi connectivity index (χ3v) is 3.16. The highest BCUT2D eigenvalue weighted by Gasteiger charge is 2.19. The smallest absolute Gasteiger partial charge is 0.128 e. The van der Waals surface area contributed by atoms with Crippen molar-refractivity contribution in [2.45, 2.75) is 46.3 Å². The first-order valence-corrected chi connectivity index (χ1v) is 7.34. The van der Waals surface area contributed by atoms with Crippen LogP contribution in [0.4, 0.5) is 4.39 Å². The van der Waals surface area contributed by atoms with Gasteiger partial charge in [0, 0.05) is 22.6 Å². The Kier molecular flexibility index (Phi) is 5.81. The summed E-state index contributed by atoms with van der Waals surface area (Å²) in [6.45, 7) is 11.3. The minimum absolute atomic E-state index is 0.00734. The molecule has 1 aromatic carbocycles. The Morgan fingerprint density at radius 3 is 2.37 bits per heavy atom. The van der Waals surface area contributed by atoms with E-state index in [0.717, 1.165) is 6.54 Å². The maximum atomic E-state index is 13.3. The highest BCUT2D eigenvalue weighted by atomic mass is 79.9. The van der Waals surface area contributed by atoms with Crippen LogP contribution in [0.15, 0.2) is 22.7 Å². The lowest BCUT2D eigenvalue weighted by Crippen LogP contribution is -2.44. The van der Waals surface area contributed by atoms with E-state index in [9.17, 15) is 4.39 Å². The first-order chi connectivity index (χ1) is 8.67. The zero-order valence-corrected chi connectivity index (χ0v) is 13.8. The Balaban J connectivity index is 2.72. The summed E-state index contributed by atoms with van der Waals surface area (Å²) in [6, 6.07) is 4.62. The van der Waals surface area contributed by atoms with Crippen LogP contribution in [0, 0.1) is 11.7 Å². The minimum Gasteiger partial charge on any atom is -0.489 e. The van der Waals surface area contributed by atoms with Crippen LogP contribution in [-0.2, 0) is 0 Å². The molecule has 1 unspecified atom stereocenters. The molecule has 0 aliphatic rings. The Bertz CT molecular complexity index is 395. The van der Waals surface area contributed by atoms with E-state index in [0.29, 0.717) is 16.1 Å². The van der Waals surface area contributed by atoms with Crippen LogP contribution >= 0.6 is 15.9 Å². The molecule has 0 saturated heterocycles. The molecule has 108 valence electrons. The number of rotatable bonds is 5. The van der Waals surface area contributed by atoms with E-state index < -0.39 is 0 Å². The van der Waals surface area contributed by atoms with Crippen molar-refractivity contribution < 1.29 is 9.13 Å². The topological polar surface area (TPSA) is 21.3 Å². The molecule has 4 heteroatoms. The van der Waals surface area contributed by atoms with Crippen LogP contribution in [0.3, 0.4) is 0 Å². The molecule has 0 fully saturated rings. The normalized spacial score (nSPS) is 13.7. The van der Waals surface area contributed by atoms with E-state index in [1.165, 1.54) is 12.1 Å². The largest absolute Gasteiger partial charge is 0.489 e. The summed E-state index contributed by atoms with van der Waals surface area (Å²) in [5.41, 5.74) is 0.0407. The third-order valence-electron chi connectivity index (χ3n) is 2.70. The first kappa shape index (κ1) is 16.4. The van der Waals surface area contributed by atoms with Gasteiger partial charge in [-0.3, -0.25) is 0 Å². The number of benzene rings is 1. The summed E-state index contributed by atoms with van der Waals surface area (Å²) in [7, 11) is 0. The number of hydrogen-bond donors (Lipinski definition) is 1. The molecule has 19 heavy (non-hydrogen) atoms. The lowest BCUT2D eigenvalue weighted by molar-refractivity contribution is 0.139. The highest BCUT2D eigenvalue weighted by Crippen LogP contribution is 2.23. The minimum atomic E-state index is -0.296. The van der Waals surface area contributed by atoms with E-state index in [1.54, 1.807) is 6.07 Å². The van der Waals surface area contributed by atoms with Gasteiger partial charge in [0.15, 0.2) is 0 Å². The molecule has 0 bridgehead atoms. The van der Waals surface area contributed by atoms with Crippen molar-refractivity contribution in [3.05, 3.63) is 28.5 Å². The molecule has 1 aromatic rings. The maximum absolute atomic E-state index is 13.3. The molecule has 0 saturated carbocycles. The molecule has 0 heterocycles. The lowest BCUT2D eigenvalue weighted by Gasteiger charge is -2.28. The van der Waals surface area contributed by atoms with Crippen molar-refractivity contribution in [3.63, 3.8) is 0 Å². The SMILES string of the molecule is CC(C)C(CNC(C)(C)C)Oc1cc(F)cc(Br)c1. The third kappa shape index (κ3) is 6.39. The molecule has 0 aliphatic heterocycles. The Hall–Kier alpha value is -0.610. The number of hydrogen-bond acceptors (Lipinski definition) is 2. The van der Waals surface area contributed by atoms with Gasteiger partial charge in [0.2, 0.25) is 0 Å². The van der Waals surface area contributed by atoms with Crippen LogP contribution in [0.5, 0.6) is 5.75 Å². The Labute approximate surface area is 123 Å². The van der Waals surface area contributed by atoms with Crippen LogP contribution < -0.4 is 10.1 Å². The first-order valence-electron chi connectivity index (χ1n) is 6.55. The second-order valence-corrected chi connectivity index (χ2v) is 7.05. The van der Waals surface area contributed by atoms with E-state index in [-0.39, 0.29) is 17.5 Å². The molecule has 1 atom stereocenters. The predicted molar refractivity (Wildman–Crippen MR) is 81.1 cm³/mol. The van der Waals surface area contributed by atoms with Crippen LogP contribution in [0.1, 0.15) is 34.6 Å². The van der Waals surface area contributed by atoms with E-state index in [2.05, 4.69) is 55.9 Å². The monoisotopic (exact) mass is 331 g/mol. The molecule has 0 spiro atoms. The van der Waals surface area contributed by atoms with Crippen LogP contribution in [0.25, 0.3) is 0 Å². The molecule has 0 amide bonds. The van der Waals surface area contributed by atoms with E-state index in [4.69, 9.17) is 4.74 Å². The Morgan fingerprint density at radius 2 is 1.89 bits per heavy atom. The summed E-state index contributed by atoms with van der Waals surface area (Å²) >= 11 is 3.28. The van der Waals surface area contributed by atoms with E-state index in [1.807, 2.05) is 0 Å². The molecule has 2 nitrogen and oxygen atoms in total. The van der Waals surface area contributed by atoms with Gasteiger partial charge in [-0.2, -0.15) is 0 Å². The average Bonchev–Trinajstić information content (AvgIpc) is 2.20. The lowest BCUT2D eigenvalue weighted by atomic mass is 10.0. The van der Waals surface area contributed by atoms with Crippen molar-refractivity contribution >= 4 is 15.9 Å². The molecular formula is C15H23BrFNO. The fourth-order valence-corrected chi connectivity index (χ4v) is 2.04. The van der Waals surface area contributed by atoms with Gasteiger partial charge in [-0.15, -0.1) is 0 Å². The van der Waals surface area contributed by atoms with Gasteiger partial charge < -0.3 is 10.1 Å². The number of ether oxygens (including phenoxy) is 1. The zero-order chi connectivity index (χ0) is 14.6. The van der Waals surface area contributed by atoms with Crippen molar-refractivity contribution in [2.75, 3.05) is 6.54 Å². The summed E-state index contributed by atoms with van der Waals surface area (Å²) in [6.07, 6.45) is 0.00734. The second-order valence-electron chi connectivity index (χ2n) is 6.14. The second kappa shape index (κ2) is 6.71.